The molecule has 1 aromatic carbocycles. The number of aromatic nitrogens is 2. The molecule has 2 aromatic rings. The number of aliphatic hydroxyl groups excluding tert-OH is 1. The van der Waals surface area contributed by atoms with Crippen molar-refractivity contribution < 1.29 is 14.3 Å². The summed E-state index contributed by atoms with van der Waals surface area (Å²) in [4.78, 5) is 0.841. The maximum atomic E-state index is 9.84. The molecule has 0 radical (unpaired) electrons. The van der Waals surface area contributed by atoms with Gasteiger partial charge in [0.15, 0.2) is 0 Å². The van der Waals surface area contributed by atoms with E-state index in [1.807, 2.05) is 18.2 Å². The molecule has 0 amide bonds. The first-order valence-electron chi connectivity index (χ1n) is 5.44. The van der Waals surface area contributed by atoms with Crippen LogP contribution >= 0.6 is 11.8 Å². The van der Waals surface area contributed by atoms with Gasteiger partial charge < -0.3 is 14.3 Å². The van der Waals surface area contributed by atoms with Crippen LogP contribution in [0, 0.1) is 6.92 Å². The Labute approximate surface area is 109 Å². The van der Waals surface area contributed by atoms with Crippen molar-refractivity contribution in [1.82, 2.24) is 10.2 Å². The van der Waals surface area contributed by atoms with E-state index in [-0.39, 0.29) is 0 Å². The number of hydrogen-bond donors (Lipinski definition) is 1. The molecule has 6 heteroatoms. The summed E-state index contributed by atoms with van der Waals surface area (Å²) in [6.45, 7) is 3.43. The average Bonchev–Trinajstić information content (AvgIpc) is 2.74. The average molecular weight is 266 g/mol. The van der Waals surface area contributed by atoms with Gasteiger partial charge in [-0.3, -0.25) is 0 Å². The highest BCUT2D eigenvalue weighted by atomic mass is 32.2. The second-order valence-electron chi connectivity index (χ2n) is 3.74. The molecule has 0 aliphatic carbocycles. The van der Waals surface area contributed by atoms with Gasteiger partial charge in [0.05, 0.1) is 13.2 Å². The Morgan fingerprint density at radius 1 is 1.39 bits per heavy atom. The summed E-state index contributed by atoms with van der Waals surface area (Å²) >= 11 is 1.31. The van der Waals surface area contributed by atoms with Gasteiger partial charge in [0.1, 0.15) is 5.75 Å². The van der Waals surface area contributed by atoms with Gasteiger partial charge in [-0.05, 0) is 30.8 Å². The Kier molecular flexibility index (Phi) is 3.88. The van der Waals surface area contributed by atoms with Crippen molar-refractivity contribution in [3.63, 3.8) is 0 Å². The summed E-state index contributed by atoms with van der Waals surface area (Å²) < 4.78 is 10.6. The Hall–Kier alpha value is -1.53. The van der Waals surface area contributed by atoms with Crippen molar-refractivity contribution in [3.8, 4) is 5.75 Å². The second-order valence-corrected chi connectivity index (χ2v) is 4.73. The molecule has 96 valence electrons. The Bertz CT molecular complexity index is 540. The van der Waals surface area contributed by atoms with Gasteiger partial charge in [-0.25, -0.2) is 0 Å². The third-order valence-electron chi connectivity index (χ3n) is 2.37. The Balaban J connectivity index is 2.37. The van der Waals surface area contributed by atoms with Crippen LogP contribution in [0.25, 0.3) is 0 Å². The smallest absolute Gasteiger partial charge is 0.281 e. The number of benzene rings is 1. The number of methoxy groups -OCH3 is 1. The molecule has 2 rings (SSSR count). The monoisotopic (exact) mass is 266 g/mol. The van der Waals surface area contributed by atoms with E-state index < -0.39 is 6.10 Å². The molecule has 0 saturated carbocycles. The quantitative estimate of drug-likeness (QED) is 0.917. The van der Waals surface area contributed by atoms with Crippen LogP contribution in [-0.4, -0.2) is 22.4 Å². The molecule has 0 saturated heterocycles. The molecule has 0 bridgehead atoms. The summed E-state index contributed by atoms with van der Waals surface area (Å²) in [5.74, 6) is 1.16. The van der Waals surface area contributed by atoms with Crippen molar-refractivity contribution in [2.45, 2.75) is 30.1 Å². The molecule has 5 nitrogen and oxygen atoms in total. The van der Waals surface area contributed by atoms with E-state index in [0.717, 1.165) is 10.5 Å². The van der Waals surface area contributed by atoms with E-state index >= 15 is 0 Å². The Morgan fingerprint density at radius 3 is 2.72 bits per heavy atom. The van der Waals surface area contributed by atoms with Gasteiger partial charge in [-0.15, -0.1) is 10.2 Å². The van der Waals surface area contributed by atoms with E-state index in [1.165, 1.54) is 11.8 Å². The van der Waals surface area contributed by atoms with Gasteiger partial charge >= 0.3 is 0 Å². The van der Waals surface area contributed by atoms with Crippen LogP contribution in [0.1, 0.15) is 24.5 Å². The molecule has 0 fully saturated rings. The molecular weight excluding hydrogens is 252 g/mol. The van der Waals surface area contributed by atoms with Gasteiger partial charge in [0.25, 0.3) is 5.22 Å². The fourth-order valence-electron chi connectivity index (χ4n) is 1.62. The molecule has 0 spiro atoms. The molecule has 1 N–H and O–H groups in total. The Morgan fingerprint density at radius 2 is 2.17 bits per heavy atom. The summed E-state index contributed by atoms with van der Waals surface area (Å²) in [5.41, 5.74) is 0.723. The topological polar surface area (TPSA) is 68.4 Å². The highest BCUT2D eigenvalue weighted by Crippen LogP contribution is 2.37. The van der Waals surface area contributed by atoms with E-state index in [4.69, 9.17) is 9.15 Å². The summed E-state index contributed by atoms with van der Waals surface area (Å²) in [7, 11) is 1.58. The lowest BCUT2D eigenvalue weighted by molar-refractivity contribution is 0.191. The minimum Gasteiger partial charge on any atom is -0.496 e. The second kappa shape index (κ2) is 5.41. The summed E-state index contributed by atoms with van der Waals surface area (Å²) in [6.07, 6.45) is -0.632. The first kappa shape index (κ1) is 12.9. The normalized spacial score (nSPS) is 12.4. The van der Waals surface area contributed by atoms with E-state index in [9.17, 15) is 5.11 Å². The number of nitrogens with zero attached hydrogens (tertiary/aromatic N) is 2. The van der Waals surface area contributed by atoms with Crippen LogP contribution in [0.15, 0.2) is 32.7 Å². The lowest BCUT2D eigenvalue weighted by atomic mass is 10.1. The fraction of sp³-hybridized carbons (Fsp3) is 0.333. The molecule has 0 aliphatic heterocycles. The predicted molar refractivity (Wildman–Crippen MR) is 66.8 cm³/mol. The molecular formula is C12H14N2O3S. The highest BCUT2D eigenvalue weighted by Gasteiger charge is 2.16. The van der Waals surface area contributed by atoms with Crippen molar-refractivity contribution in [1.29, 1.82) is 0 Å². The van der Waals surface area contributed by atoms with Gasteiger partial charge in [0, 0.05) is 17.4 Å². The van der Waals surface area contributed by atoms with Gasteiger partial charge in [-0.1, -0.05) is 6.07 Å². The first-order chi connectivity index (χ1) is 8.61. The fourth-order valence-corrected chi connectivity index (χ4v) is 2.58. The maximum Gasteiger partial charge on any atom is 0.281 e. The highest BCUT2D eigenvalue weighted by molar-refractivity contribution is 7.99. The third-order valence-corrected chi connectivity index (χ3v) is 3.28. The zero-order chi connectivity index (χ0) is 13.1. The standard InChI is InChI=1S/C12H14N2O3S/c1-7(15)11-9(16-3)5-4-6-10(11)18-12-14-13-8(2)17-12/h4-7,15H,1-3H3. The molecule has 0 aliphatic rings. The van der Waals surface area contributed by atoms with Crippen LogP contribution in [0.3, 0.4) is 0 Å². The SMILES string of the molecule is COc1cccc(Sc2nnc(C)o2)c1C(C)O. The minimum absolute atomic E-state index is 0.447. The van der Waals surface area contributed by atoms with E-state index in [0.29, 0.717) is 16.9 Å². The third kappa shape index (κ3) is 2.65. The number of hydrogen-bond acceptors (Lipinski definition) is 6. The zero-order valence-corrected chi connectivity index (χ0v) is 11.2. The first-order valence-corrected chi connectivity index (χ1v) is 6.26. The van der Waals surface area contributed by atoms with Crippen molar-refractivity contribution >= 4 is 11.8 Å². The molecule has 1 aromatic heterocycles. The largest absolute Gasteiger partial charge is 0.496 e. The van der Waals surface area contributed by atoms with Gasteiger partial charge in [0.2, 0.25) is 5.89 Å². The lowest BCUT2D eigenvalue weighted by Gasteiger charge is -2.14. The molecule has 1 heterocycles. The van der Waals surface area contributed by atoms with Crippen LogP contribution in [-0.2, 0) is 0 Å². The zero-order valence-electron chi connectivity index (χ0n) is 10.4. The number of rotatable bonds is 4. The predicted octanol–water partition coefficient (Wildman–Crippen LogP) is 2.59. The maximum absolute atomic E-state index is 9.84. The van der Waals surface area contributed by atoms with Crippen molar-refractivity contribution in [3.05, 3.63) is 29.7 Å². The van der Waals surface area contributed by atoms with Crippen LogP contribution in [0.5, 0.6) is 5.75 Å². The minimum atomic E-state index is -0.632. The summed E-state index contributed by atoms with van der Waals surface area (Å²) in [6, 6.07) is 5.55. The molecule has 1 unspecified atom stereocenters. The number of aliphatic hydroxyl groups is 1. The van der Waals surface area contributed by atoms with Crippen molar-refractivity contribution in [2.24, 2.45) is 0 Å². The van der Waals surface area contributed by atoms with Gasteiger partial charge in [-0.2, -0.15) is 0 Å². The van der Waals surface area contributed by atoms with E-state index in [1.54, 1.807) is 21.0 Å². The number of ether oxygens (including phenoxy) is 1. The number of aryl methyl sites for hydroxylation is 1. The van der Waals surface area contributed by atoms with Crippen LogP contribution in [0.4, 0.5) is 0 Å². The van der Waals surface area contributed by atoms with Crippen LogP contribution < -0.4 is 4.74 Å². The van der Waals surface area contributed by atoms with E-state index in [2.05, 4.69) is 10.2 Å². The van der Waals surface area contributed by atoms with Crippen molar-refractivity contribution in [2.75, 3.05) is 7.11 Å². The lowest BCUT2D eigenvalue weighted by Crippen LogP contribution is -1.98. The molecule has 1 atom stereocenters. The molecule has 18 heavy (non-hydrogen) atoms. The van der Waals surface area contributed by atoms with Crippen LogP contribution in [0.2, 0.25) is 0 Å². The summed E-state index contributed by atoms with van der Waals surface area (Å²) in [5, 5.41) is 18.0.